The molecule has 0 saturated heterocycles. The SMILES string of the molecule is CCCNC(=O)[C@@H](Cc1ccccc1)N(Cc1cccc(Br)c1)C(=O)CN(c1cc(C)ccc1C)S(=O)(=O)N(C)C. The van der Waals surface area contributed by atoms with E-state index in [4.69, 9.17) is 0 Å². The smallest absolute Gasteiger partial charge is 0.304 e. The molecule has 0 heterocycles. The molecule has 0 bridgehead atoms. The maximum Gasteiger partial charge on any atom is 0.304 e. The molecular weight excluding hydrogens is 604 g/mol. The number of nitrogens with one attached hydrogen (secondary N) is 1. The van der Waals surface area contributed by atoms with Crippen LogP contribution in [-0.2, 0) is 32.8 Å². The van der Waals surface area contributed by atoms with E-state index in [9.17, 15) is 18.0 Å². The monoisotopic (exact) mass is 642 g/mol. The highest BCUT2D eigenvalue weighted by Crippen LogP contribution is 2.26. The molecule has 0 aliphatic rings. The normalized spacial score (nSPS) is 12.2. The molecule has 0 saturated carbocycles. The van der Waals surface area contributed by atoms with E-state index >= 15 is 0 Å². The summed E-state index contributed by atoms with van der Waals surface area (Å²) in [4.78, 5) is 29.4. The average Bonchev–Trinajstić information content (AvgIpc) is 2.94. The zero-order valence-corrected chi connectivity index (χ0v) is 26.7. The summed E-state index contributed by atoms with van der Waals surface area (Å²) in [5.41, 5.74) is 3.70. The van der Waals surface area contributed by atoms with Crippen molar-refractivity contribution in [2.75, 3.05) is 31.5 Å². The number of aryl methyl sites for hydroxylation is 2. The number of rotatable bonds is 13. The molecule has 1 atom stereocenters. The lowest BCUT2D eigenvalue weighted by molar-refractivity contribution is -0.140. The molecule has 1 N–H and O–H groups in total. The van der Waals surface area contributed by atoms with Gasteiger partial charge in [0.25, 0.3) is 0 Å². The number of carbonyl (C=O) groups is 2. The van der Waals surface area contributed by atoms with Crippen LogP contribution >= 0.6 is 15.9 Å². The Morgan fingerprint density at radius 1 is 0.927 bits per heavy atom. The molecule has 0 aliphatic carbocycles. The van der Waals surface area contributed by atoms with E-state index in [1.54, 1.807) is 6.07 Å². The predicted octanol–water partition coefficient (Wildman–Crippen LogP) is 4.85. The molecule has 0 radical (unpaired) electrons. The molecule has 2 amide bonds. The first-order valence-electron chi connectivity index (χ1n) is 13.6. The molecule has 3 rings (SSSR count). The van der Waals surface area contributed by atoms with Crippen LogP contribution in [0.4, 0.5) is 5.69 Å². The summed E-state index contributed by atoms with van der Waals surface area (Å²) < 4.78 is 30.2. The largest absolute Gasteiger partial charge is 0.354 e. The van der Waals surface area contributed by atoms with Crippen molar-refractivity contribution in [1.82, 2.24) is 14.5 Å². The number of halogens is 1. The van der Waals surface area contributed by atoms with Gasteiger partial charge in [0, 0.05) is 38.1 Å². The summed E-state index contributed by atoms with van der Waals surface area (Å²) in [6.45, 7) is 5.77. The van der Waals surface area contributed by atoms with Crippen LogP contribution in [0.15, 0.2) is 77.3 Å². The number of anilines is 1. The van der Waals surface area contributed by atoms with E-state index in [0.717, 1.165) is 36.2 Å². The lowest BCUT2D eigenvalue weighted by Crippen LogP contribution is -2.54. The van der Waals surface area contributed by atoms with E-state index in [0.29, 0.717) is 17.8 Å². The lowest BCUT2D eigenvalue weighted by Gasteiger charge is -2.35. The van der Waals surface area contributed by atoms with Gasteiger partial charge in [-0.3, -0.25) is 9.59 Å². The fourth-order valence-corrected chi connectivity index (χ4v) is 6.00. The summed E-state index contributed by atoms with van der Waals surface area (Å²) in [5, 5.41) is 2.95. The Labute approximate surface area is 252 Å². The van der Waals surface area contributed by atoms with Gasteiger partial charge < -0.3 is 10.2 Å². The van der Waals surface area contributed by atoms with Gasteiger partial charge in [-0.2, -0.15) is 12.7 Å². The first kappa shape index (κ1) is 32.3. The molecule has 10 heteroatoms. The van der Waals surface area contributed by atoms with Crippen LogP contribution < -0.4 is 9.62 Å². The molecule has 8 nitrogen and oxygen atoms in total. The maximum absolute atomic E-state index is 14.3. The molecule has 0 unspecified atom stereocenters. The molecule has 0 aromatic heterocycles. The molecule has 220 valence electrons. The van der Waals surface area contributed by atoms with E-state index < -0.39 is 28.7 Å². The van der Waals surface area contributed by atoms with Crippen molar-refractivity contribution < 1.29 is 18.0 Å². The fraction of sp³-hybridized carbons (Fsp3) is 0.355. The Hall–Kier alpha value is -3.21. The van der Waals surface area contributed by atoms with Gasteiger partial charge in [-0.15, -0.1) is 0 Å². The Morgan fingerprint density at radius 2 is 1.61 bits per heavy atom. The van der Waals surface area contributed by atoms with Gasteiger partial charge in [0.15, 0.2) is 0 Å². The highest BCUT2D eigenvalue weighted by Gasteiger charge is 2.35. The summed E-state index contributed by atoms with van der Waals surface area (Å²) in [5.74, 6) is -0.767. The minimum absolute atomic E-state index is 0.123. The van der Waals surface area contributed by atoms with Gasteiger partial charge in [0.2, 0.25) is 11.8 Å². The van der Waals surface area contributed by atoms with Crippen LogP contribution in [0, 0.1) is 13.8 Å². The van der Waals surface area contributed by atoms with E-state index in [2.05, 4.69) is 21.2 Å². The standard InChI is InChI=1S/C31H39BrN4O4S/c1-6-17-33-31(38)29(20-25-11-8-7-9-12-25)35(21-26-13-10-14-27(32)19-26)30(37)22-36(41(39,40)34(4)5)28-18-23(2)15-16-24(28)3/h7-16,18-19,29H,6,17,20-22H2,1-5H3,(H,33,38)/t29-/m1/s1. The van der Waals surface area contributed by atoms with Crippen molar-refractivity contribution in [3.05, 3.63) is 99.5 Å². The Kier molecular flexibility index (Phi) is 11.5. The summed E-state index contributed by atoms with van der Waals surface area (Å²) in [6, 6.07) is 21.7. The van der Waals surface area contributed by atoms with Gasteiger partial charge in [0.05, 0.1) is 5.69 Å². The summed E-state index contributed by atoms with van der Waals surface area (Å²) in [7, 11) is -1.17. The first-order valence-corrected chi connectivity index (χ1v) is 15.8. The Balaban J connectivity index is 2.12. The van der Waals surface area contributed by atoms with Crippen LogP contribution in [-0.4, -0.2) is 62.7 Å². The van der Waals surface area contributed by atoms with Gasteiger partial charge >= 0.3 is 10.2 Å². The number of amides is 2. The summed E-state index contributed by atoms with van der Waals surface area (Å²) in [6.07, 6.45) is 1.02. The van der Waals surface area contributed by atoms with Gasteiger partial charge in [0.1, 0.15) is 12.6 Å². The number of hydrogen-bond donors (Lipinski definition) is 1. The van der Waals surface area contributed by atoms with Crippen LogP contribution in [0.2, 0.25) is 0 Å². The third-order valence-corrected chi connectivity index (χ3v) is 9.01. The van der Waals surface area contributed by atoms with Crippen LogP contribution in [0.1, 0.15) is 35.6 Å². The van der Waals surface area contributed by atoms with Crippen LogP contribution in [0.5, 0.6) is 0 Å². The molecular formula is C31H39BrN4O4S. The minimum Gasteiger partial charge on any atom is -0.354 e. The van der Waals surface area contributed by atoms with E-state index in [1.165, 1.54) is 19.0 Å². The summed E-state index contributed by atoms with van der Waals surface area (Å²) >= 11 is 3.49. The van der Waals surface area contributed by atoms with Gasteiger partial charge in [-0.25, -0.2) is 4.31 Å². The number of hydrogen-bond acceptors (Lipinski definition) is 4. The maximum atomic E-state index is 14.3. The zero-order valence-electron chi connectivity index (χ0n) is 24.3. The Bertz CT molecular complexity index is 1450. The first-order chi connectivity index (χ1) is 19.4. The second-order valence-corrected chi connectivity index (χ2v) is 13.2. The van der Waals surface area contributed by atoms with Crippen molar-refractivity contribution in [3.63, 3.8) is 0 Å². The third-order valence-electron chi connectivity index (χ3n) is 6.71. The van der Waals surface area contributed by atoms with Gasteiger partial charge in [-0.1, -0.05) is 77.5 Å². The van der Waals surface area contributed by atoms with E-state index in [-0.39, 0.29) is 18.9 Å². The fourth-order valence-electron chi connectivity index (χ4n) is 4.44. The van der Waals surface area contributed by atoms with Crippen molar-refractivity contribution in [1.29, 1.82) is 0 Å². The molecule has 3 aromatic carbocycles. The topological polar surface area (TPSA) is 90.0 Å². The number of benzene rings is 3. The lowest BCUT2D eigenvalue weighted by atomic mass is 10.0. The number of carbonyl (C=O) groups excluding carboxylic acids is 2. The average molecular weight is 644 g/mol. The van der Waals surface area contributed by atoms with Crippen molar-refractivity contribution >= 4 is 43.6 Å². The van der Waals surface area contributed by atoms with Crippen LogP contribution in [0.25, 0.3) is 0 Å². The zero-order chi connectivity index (χ0) is 30.2. The molecule has 0 aliphatic heterocycles. The highest BCUT2D eigenvalue weighted by atomic mass is 79.9. The Morgan fingerprint density at radius 3 is 2.24 bits per heavy atom. The molecule has 0 spiro atoms. The van der Waals surface area contributed by atoms with Crippen LogP contribution in [0.3, 0.4) is 0 Å². The predicted molar refractivity (Wildman–Crippen MR) is 168 cm³/mol. The van der Waals surface area contributed by atoms with E-state index in [1.807, 2.05) is 87.5 Å². The van der Waals surface area contributed by atoms with Gasteiger partial charge in [-0.05, 0) is 60.7 Å². The number of nitrogens with zero attached hydrogens (tertiary/aromatic N) is 3. The molecule has 41 heavy (non-hydrogen) atoms. The van der Waals surface area contributed by atoms with Crippen molar-refractivity contribution in [2.24, 2.45) is 0 Å². The van der Waals surface area contributed by atoms with Crippen molar-refractivity contribution in [3.8, 4) is 0 Å². The second-order valence-electron chi connectivity index (χ2n) is 10.2. The third kappa shape index (κ3) is 8.64. The molecule has 3 aromatic rings. The quantitative estimate of drug-likeness (QED) is 0.289. The van der Waals surface area contributed by atoms with Crippen molar-refractivity contribution in [2.45, 2.75) is 46.2 Å². The second kappa shape index (κ2) is 14.6. The highest BCUT2D eigenvalue weighted by molar-refractivity contribution is 9.10. The minimum atomic E-state index is -4.05. The molecule has 0 fully saturated rings.